The molecule has 0 aliphatic rings. The number of nitrogens with zero attached hydrogens (tertiary/aromatic N) is 4. The third kappa shape index (κ3) is 2.38. The first-order chi connectivity index (χ1) is 11.2. The van der Waals surface area contributed by atoms with Crippen molar-refractivity contribution in [2.24, 2.45) is 0 Å². The molecule has 0 amide bonds. The minimum absolute atomic E-state index is 0.314. The van der Waals surface area contributed by atoms with E-state index in [0.29, 0.717) is 33.0 Å². The van der Waals surface area contributed by atoms with Gasteiger partial charge in [0.2, 0.25) is 0 Å². The summed E-state index contributed by atoms with van der Waals surface area (Å²) in [7, 11) is 0. The molecular weight excluding hydrogens is 315 g/mol. The van der Waals surface area contributed by atoms with E-state index in [2.05, 4.69) is 29.9 Å². The zero-order valence-corrected chi connectivity index (χ0v) is 12.4. The second-order valence-corrected chi connectivity index (χ2v) is 5.20. The van der Waals surface area contributed by atoms with E-state index >= 15 is 0 Å². The van der Waals surface area contributed by atoms with Crippen LogP contribution in [-0.2, 0) is 0 Å². The summed E-state index contributed by atoms with van der Waals surface area (Å²) in [4.78, 5) is 22.7. The van der Waals surface area contributed by atoms with E-state index in [0.717, 1.165) is 11.8 Å². The molecule has 6 nitrogen and oxygen atoms in total. The molecule has 2 N–H and O–H groups in total. The van der Waals surface area contributed by atoms with Crippen molar-refractivity contribution in [1.82, 2.24) is 29.9 Å². The van der Waals surface area contributed by atoms with Gasteiger partial charge < -0.3 is 9.97 Å². The number of nitrogens with one attached hydrogen (secondary N) is 2. The van der Waals surface area contributed by atoms with Gasteiger partial charge in [-0.25, -0.2) is 14.4 Å². The first-order valence-electron chi connectivity index (χ1n) is 6.73. The smallest absolute Gasteiger partial charge is 0.177 e. The number of fused-ring (bicyclic) bond motifs is 1. The van der Waals surface area contributed by atoms with E-state index in [1.165, 1.54) is 6.20 Å². The highest BCUT2D eigenvalue weighted by Gasteiger charge is 2.17. The molecular formula is C15H9FN6S. The van der Waals surface area contributed by atoms with Gasteiger partial charge in [0.1, 0.15) is 11.4 Å². The van der Waals surface area contributed by atoms with Gasteiger partial charge in [-0.1, -0.05) is 0 Å². The van der Waals surface area contributed by atoms with Crippen molar-refractivity contribution in [3.8, 4) is 22.5 Å². The van der Waals surface area contributed by atoms with Gasteiger partial charge in [0.25, 0.3) is 0 Å². The zero-order valence-electron chi connectivity index (χ0n) is 11.6. The van der Waals surface area contributed by atoms with Crippen LogP contribution in [0.1, 0.15) is 0 Å². The minimum Gasteiger partial charge on any atom is -0.314 e. The van der Waals surface area contributed by atoms with Gasteiger partial charge in [-0.2, -0.15) is 0 Å². The van der Waals surface area contributed by atoms with E-state index in [1.54, 1.807) is 24.5 Å². The largest absolute Gasteiger partial charge is 0.314 e. The van der Waals surface area contributed by atoms with E-state index < -0.39 is 5.82 Å². The molecule has 112 valence electrons. The Kier molecular flexibility index (Phi) is 3.16. The van der Waals surface area contributed by atoms with Crippen molar-refractivity contribution in [2.75, 3.05) is 0 Å². The lowest BCUT2D eigenvalue weighted by atomic mass is 10.1. The normalized spacial score (nSPS) is 11.0. The van der Waals surface area contributed by atoms with E-state index in [1.807, 2.05) is 6.07 Å². The molecule has 0 saturated carbocycles. The first kappa shape index (κ1) is 13.6. The van der Waals surface area contributed by atoms with Crippen LogP contribution in [0.2, 0.25) is 0 Å². The van der Waals surface area contributed by atoms with Crippen LogP contribution in [0, 0.1) is 10.6 Å². The molecule has 4 heterocycles. The van der Waals surface area contributed by atoms with Crippen molar-refractivity contribution in [3.05, 3.63) is 53.6 Å². The highest BCUT2D eigenvalue weighted by molar-refractivity contribution is 7.71. The van der Waals surface area contributed by atoms with Crippen LogP contribution < -0.4 is 0 Å². The van der Waals surface area contributed by atoms with E-state index in [-0.39, 0.29) is 0 Å². The molecule has 8 heteroatoms. The summed E-state index contributed by atoms with van der Waals surface area (Å²) in [6.07, 6.45) is 5.97. The SMILES string of the molecule is Fc1cnccc1-c1nc2[nH]c(=S)[nH]c2nc1-c1cccnc1. The monoisotopic (exact) mass is 324 g/mol. The Morgan fingerprint density at radius 2 is 1.65 bits per heavy atom. The Morgan fingerprint density at radius 3 is 2.35 bits per heavy atom. The maximum atomic E-state index is 14.2. The van der Waals surface area contributed by atoms with Crippen LogP contribution in [0.25, 0.3) is 33.8 Å². The van der Waals surface area contributed by atoms with Crippen LogP contribution >= 0.6 is 12.2 Å². The number of pyridine rings is 2. The molecule has 0 unspecified atom stereocenters. The Bertz CT molecular complexity index is 1060. The first-order valence-corrected chi connectivity index (χ1v) is 7.13. The van der Waals surface area contributed by atoms with Crippen LogP contribution in [-0.4, -0.2) is 29.9 Å². The second kappa shape index (κ2) is 5.33. The highest BCUT2D eigenvalue weighted by atomic mass is 32.1. The summed E-state index contributed by atoms with van der Waals surface area (Å²) in [5, 5.41) is 0. The van der Waals surface area contributed by atoms with Crippen LogP contribution in [0.15, 0.2) is 43.0 Å². The lowest BCUT2D eigenvalue weighted by molar-refractivity contribution is 0.624. The lowest BCUT2D eigenvalue weighted by Gasteiger charge is -2.08. The lowest BCUT2D eigenvalue weighted by Crippen LogP contribution is -1.97. The second-order valence-electron chi connectivity index (χ2n) is 4.79. The number of aromatic amines is 2. The van der Waals surface area contributed by atoms with Gasteiger partial charge >= 0.3 is 0 Å². The van der Waals surface area contributed by atoms with Gasteiger partial charge in [-0.05, 0) is 30.4 Å². The quantitative estimate of drug-likeness (QED) is 0.553. The third-order valence-electron chi connectivity index (χ3n) is 3.32. The van der Waals surface area contributed by atoms with E-state index in [4.69, 9.17) is 12.2 Å². The summed E-state index contributed by atoms with van der Waals surface area (Å²) in [6, 6.07) is 5.19. The fourth-order valence-electron chi connectivity index (χ4n) is 2.32. The number of rotatable bonds is 2. The zero-order chi connectivity index (χ0) is 15.8. The number of halogens is 1. The average Bonchev–Trinajstić information content (AvgIpc) is 2.94. The van der Waals surface area contributed by atoms with Crippen LogP contribution in [0.3, 0.4) is 0 Å². The summed E-state index contributed by atoms with van der Waals surface area (Å²) in [6.45, 7) is 0. The molecule has 0 aliphatic heterocycles. The molecule has 0 atom stereocenters. The Labute approximate surface area is 134 Å². The molecule has 0 spiro atoms. The Morgan fingerprint density at radius 1 is 0.913 bits per heavy atom. The maximum Gasteiger partial charge on any atom is 0.177 e. The van der Waals surface area contributed by atoms with Crippen LogP contribution in [0.4, 0.5) is 4.39 Å². The van der Waals surface area contributed by atoms with Gasteiger partial charge in [0.05, 0.1) is 6.20 Å². The topological polar surface area (TPSA) is 83.1 Å². The summed E-state index contributed by atoms with van der Waals surface area (Å²) < 4.78 is 14.6. The average molecular weight is 324 g/mol. The molecule has 23 heavy (non-hydrogen) atoms. The predicted octanol–water partition coefficient (Wildman–Crippen LogP) is 3.28. The number of H-pyrrole nitrogens is 2. The van der Waals surface area contributed by atoms with Crippen molar-refractivity contribution in [3.63, 3.8) is 0 Å². The Hall–Kier alpha value is -3.00. The summed E-state index contributed by atoms with van der Waals surface area (Å²) >= 11 is 5.07. The van der Waals surface area contributed by atoms with Crippen molar-refractivity contribution >= 4 is 23.5 Å². The van der Waals surface area contributed by atoms with Crippen molar-refractivity contribution in [2.45, 2.75) is 0 Å². The number of imidazole rings is 1. The molecule has 0 saturated heterocycles. The molecule has 0 aliphatic carbocycles. The maximum absolute atomic E-state index is 14.2. The van der Waals surface area contributed by atoms with Crippen molar-refractivity contribution < 1.29 is 4.39 Å². The number of hydrogen-bond donors (Lipinski definition) is 2. The fraction of sp³-hybridized carbons (Fsp3) is 0. The number of hydrogen-bond acceptors (Lipinski definition) is 5. The Balaban J connectivity index is 2.08. The van der Waals surface area contributed by atoms with Crippen molar-refractivity contribution in [1.29, 1.82) is 0 Å². The third-order valence-corrected chi connectivity index (χ3v) is 3.53. The van der Waals surface area contributed by atoms with Gasteiger partial charge in [-0.3, -0.25) is 9.97 Å². The van der Waals surface area contributed by atoms with E-state index in [9.17, 15) is 4.39 Å². The summed E-state index contributed by atoms with van der Waals surface area (Å²) in [5.41, 5.74) is 2.93. The highest BCUT2D eigenvalue weighted by Crippen LogP contribution is 2.30. The molecule has 0 bridgehead atoms. The molecule has 0 aromatic carbocycles. The standard InChI is InChI=1S/C15H9FN6S/c16-10-7-18-5-3-9(10)12-11(8-2-1-4-17-6-8)19-13-14(20-12)22-15(23)21-13/h1-7H,(H2,19,20,21,22,23). The molecule has 4 aromatic rings. The molecule has 0 fully saturated rings. The van der Waals surface area contributed by atoms with Crippen LogP contribution in [0.5, 0.6) is 0 Å². The number of aromatic nitrogens is 6. The summed E-state index contributed by atoms with van der Waals surface area (Å²) in [5.74, 6) is -0.472. The minimum atomic E-state index is -0.472. The molecule has 0 radical (unpaired) electrons. The molecule has 4 aromatic heterocycles. The van der Waals surface area contributed by atoms with Gasteiger partial charge in [-0.15, -0.1) is 0 Å². The van der Waals surface area contributed by atoms with Gasteiger partial charge in [0, 0.05) is 29.7 Å². The fourth-order valence-corrected chi connectivity index (χ4v) is 2.51. The predicted molar refractivity (Wildman–Crippen MR) is 85.5 cm³/mol. The molecule has 4 rings (SSSR count). The van der Waals surface area contributed by atoms with Gasteiger partial charge in [0.15, 0.2) is 21.9 Å².